The molecule has 3 rings (SSSR count). The Balaban J connectivity index is 1.96. The summed E-state index contributed by atoms with van der Waals surface area (Å²) in [6.45, 7) is 0. The molecule has 0 aliphatic rings. The summed E-state index contributed by atoms with van der Waals surface area (Å²) in [5.74, 6) is 1.52. The lowest BCUT2D eigenvalue weighted by atomic mass is 10.2. The third kappa shape index (κ3) is 2.68. The number of benzene rings is 2. The second-order valence-electron chi connectivity index (χ2n) is 4.83. The minimum atomic E-state index is 0.611. The van der Waals surface area contributed by atoms with Gasteiger partial charge < -0.3 is 14.0 Å². The monoisotopic (exact) mass is 313 g/mol. The van der Waals surface area contributed by atoms with Crippen LogP contribution in [0.25, 0.3) is 23.2 Å². The SMILES string of the molecule is COc1ccc2c(ccn2/C=C/c2cccc(OC)c2Cl)c1. The highest BCUT2D eigenvalue weighted by Crippen LogP contribution is 2.29. The fourth-order valence-corrected chi connectivity index (χ4v) is 2.64. The molecule has 0 aliphatic carbocycles. The fraction of sp³-hybridized carbons (Fsp3) is 0.111. The molecule has 1 heterocycles. The van der Waals surface area contributed by atoms with Gasteiger partial charge in [0.2, 0.25) is 0 Å². The molecule has 0 bridgehead atoms. The van der Waals surface area contributed by atoms with Crippen molar-refractivity contribution in [3.63, 3.8) is 0 Å². The third-order valence-corrected chi connectivity index (χ3v) is 3.96. The maximum absolute atomic E-state index is 6.30. The van der Waals surface area contributed by atoms with Gasteiger partial charge in [-0.25, -0.2) is 0 Å². The van der Waals surface area contributed by atoms with E-state index in [0.29, 0.717) is 10.8 Å². The summed E-state index contributed by atoms with van der Waals surface area (Å²) in [6, 6.07) is 13.8. The van der Waals surface area contributed by atoms with Crippen molar-refractivity contribution in [3.8, 4) is 11.5 Å². The Morgan fingerprint density at radius 1 is 1.05 bits per heavy atom. The zero-order valence-electron chi connectivity index (χ0n) is 12.4. The van der Waals surface area contributed by atoms with Gasteiger partial charge in [-0.15, -0.1) is 0 Å². The van der Waals surface area contributed by atoms with Crippen LogP contribution < -0.4 is 9.47 Å². The highest BCUT2D eigenvalue weighted by Gasteiger charge is 2.04. The van der Waals surface area contributed by atoms with Crippen LogP contribution in [-0.2, 0) is 0 Å². The molecule has 0 aliphatic heterocycles. The number of rotatable bonds is 4. The van der Waals surface area contributed by atoms with E-state index >= 15 is 0 Å². The second-order valence-corrected chi connectivity index (χ2v) is 5.20. The van der Waals surface area contributed by atoms with Crippen LogP contribution in [-0.4, -0.2) is 18.8 Å². The van der Waals surface area contributed by atoms with E-state index in [1.807, 2.05) is 59.4 Å². The van der Waals surface area contributed by atoms with Gasteiger partial charge in [0.25, 0.3) is 0 Å². The highest BCUT2D eigenvalue weighted by molar-refractivity contribution is 6.33. The van der Waals surface area contributed by atoms with E-state index in [1.165, 1.54) is 0 Å². The number of methoxy groups -OCH3 is 2. The Morgan fingerprint density at radius 3 is 2.68 bits per heavy atom. The van der Waals surface area contributed by atoms with Crippen molar-refractivity contribution in [1.29, 1.82) is 0 Å². The smallest absolute Gasteiger partial charge is 0.138 e. The van der Waals surface area contributed by atoms with Crippen LogP contribution in [0.4, 0.5) is 0 Å². The van der Waals surface area contributed by atoms with Gasteiger partial charge in [0.15, 0.2) is 0 Å². The van der Waals surface area contributed by atoms with Crippen molar-refractivity contribution in [2.75, 3.05) is 14.2 Å². The van der Waals surface area contributed by atoms with Crippen molar-refractivity contribution < 1.29 is 9.47 Å². The van der Waals surface area contributed by atoms with Gasteiger partial charge >= 0.3 is 0 Å². The molecule has 4 heteroatoms. The van der Waals surface area contributed by atoms with Crippen LogP contribution in [0.2, 0.25) is 5.02 Å². The maximum Gasteiger partial charge on any atom is 0.138 e. The zero-order chi connectivity index (χ0) is 15.5. The van der Waals surface area contributed by atoms with E-state index in [-0.39, 0.29) is 0 Å². The van der Waals surface area contributed by atoms with Crippen molar-refractivity contribution in [1.82, 2.24) is 4.57 Å². The normalized spacial score (nSPS) is 11.2. The Labute approximate surface area is 134 Å². The summed E-state index contributed by atoms with van der Waals surface area (Å²) in [4.78, 5) is 0. The first-order chi connectivity index (χ1) is 10.7. The molecule has 0 saturated heterocycles. The van der Waals surface area contributed by atoms with E-state index < -0.39 is 0 Å². The molecule has 22 heavy (non-hydrogen) atoms. The fourth-order valence-electron chi connectivity index (χ4n) is 2.37. The third-order valence-electron chi connectivity index (χ3n) is 3.56. The summed E-state index contributed by atoms with van der Waals surface area (Å²) in [7, 11) is 3.28. The first kappa shape index (κ1) is 14.5. The van der Waals surface area contributed by atoms with Crippen LogP contribution in [0.5, 0.6) is 11.5 Å². The van der Waals surface area contributed by atoms with Gasteiger partial charge in [-0.05, 0) is 42.0 Å². The predicted octanol–water partition coefficient (Wildman–Crippen LogP) is 4.94. The molecule has 3 aromatic rings. The van der Waals surface area contributed by atoms with Crippen LogP contribution in [0.3, 0.4) is 0 Å². The van der Waals surface area contributed by atoms with Gasteiger partial charge in [-0.2, -0.15) is 0 Å². The van der Waals surface area contributed by atoms with Crippen LogP contribution >= 0.6 is 11.6 Å². The molecule has 0 N–H and O–H groups in total. The molecular weight excluding hydrogens is 298 g/mol. The standard InChI is InChI=1S/C18H16ClNO2/c1-21-15-6-7-16-14(12-15)9-11-20(16)10-8-13-4-3-5-17(22-2)18(13)19/h3-12H,1-2H3/b10-8+. The second kappa shape index (κ2) is 6.16. The number of aromatic nitrogens is 1. The lowest BCUT2D eigenvalue weighted by Gasteiger charge is -2.05. The molecule has 0 amide bonds. The minimum absolute atomic E-state index is 0.611. The Kier molecular flexibility index (Phi) is 4.07. The average Bonchev–Trinajstić information content (AvgIpc) is 2.96. The zero-order valence-corrected chi connectivity index (χ0v) is 13.2. The maximum atomic E-state index is 6.30. The highest BCUT2D eigenvalue weighted by atomic mass is 35.5. The minimum Gasteiger partial charge on any atom is -0.497 e. The Hall–Kier alpha value is -2.39. The molecule has 2 aromatic carbocycles. The number of hydrogen-bond donors (Lipinski definition) is 0. The number of halogens is 1. The van der Waals surface area contributed by atoms with Crippen LogP contribution in [0.1, 0.15) is 5.56 Å². The molecule has 1 aromatic heterocycles. The van der Waals surface area contributed by atoms with Crippen LogP contribution in [0.15, 0.2) is 48.7 Å². The molecule has 112 valence electrons. The van der Waals surface area contributed by atoms with Crippen molar-refractivity contribution in [2.45, 2.75) is 0 Å². The number of fused-ring (bicyclic) bond motifs is 1. The first-order valence-corrected chi connectivity index (χ1v) is 7.26. The van der Waals surface area contributed by atoms with Gasteiger partial charge in [-0.1, -0.05) is 23.7 Å². The van der Waals surface area contributed by atoms with Gasteiger partial charge in [-0.3, -0.25) is 0 Å². The number of nitrogens with zero attached hydrogens (tertiary/aromatic N) is 1. The molecule has 3 nitrogen and oxygen atoms in total. The van der Waals surface area contributed by atoms with Crippen molar-refractivity contribution >= 4 is 34.8 Å². The summed E-state index contributed by atoms with van der Waals surface area (Å²) in [5.41, 5.74) is 2.02. The molecule has 0 fully saturated rings. The summed E-state index contributed by atoms with van der Waals surface area (Å²) in [5, 5.41) is 1.74. The molecular formula is C18H16ClNO2. The summed E-state index contributed by atoms with van der Waals surface area (Å²) >= 11 is 6.30. The molecule has 0 spiro atoms. The van der Waals surface area contributed by atoms with Crippen molar-refractivity contribution in [3.05, 3.63) is 59.2 Å². The lowest BCUT2D eigenvalue weighted by molar-refractivity contribution is 0.415. The van der Waals surface area contributed by atoms with E-state index in [2.05, 4.69) is 6.07 Å². The van der Waals surface area contributed by atoms with Gasteiger partial charge in [0, 0.05) is 17.8 Å². The molecule has 0 radical (unpaired) electrons. The lowest BCUT2D eigenvalue weighted by Crippen LogP contribution is -1.87. The van der Waals surface area contributed by atoms with E-state index in [0.717, 1.165) is 22.2 Å². The average molecular weight is 314 g/mol. The topological polar surface area (TPSA) is 23.4 Å². The predicted molar refractivity (Wildman–Crippen MR) is 91.7 cm³/mol. The molecule has 0 atom stereocenters. The molecule has 0 unspecified atom stereocenters. The summed E-state index contributed by atoms with van der Waals surface area (Å²) < 4.78 is 12.5. The quantitative estimate of drug-likeness (QED) is 0.681. The van der Waals surface area contributed by atoms with Crippen molar-refractivity contribution in [2.24, 2.45) is 0 Å². The summed E-state index contributed by atoms with van der Waals surface area (Å²) in [6.07, 6.45) is 5.96. The molecule has 0 saturated carbocycles. The van der Waals surface area contributed by atoms with Gasteiger partial charge in [0.1, 0.15) is 11.5 Å². The Morgan fingerprint density at radius 2 is 1.91 bits per heavy atom. The van der Waals surface area contributed by atoms with E-state index in [4.69, 9.17) is 21.1 Å². The van der Waals surface area contributed by atoms with E-state index in [1.54, 1.807) is 14.2 Å². The van der Waals surface area contributed by atoms with Gasteiger partial charge in [0.05, 0.1) is 24.8 Å². The Bertz CT molecular complexity index is 836. The largest absolute Gasteiger partial charge is 0.497 e. The first-order valence-electron chi connectivity index (χ1n) is 6.88. The number of hydrogen-bond acceptors (Lipinski definition) is 2. The van der Waals surface area contributed by atoms with Crippen LogP contribution in [0, 0.1) is 0 Å². The van der Waals surface area contributed by atoms with E-state index in [9.17, 15) is 0 Å². The number of ether oxygens (including phenoxy) is 2.